The van der Waals surface area contributed by atoms with Crippen molar-refractivity contribution in [2.24, 2.45) is 0 Å². The molecule has 3 nitrogen and oxygen atoms in total. The fourth-order valence-electron chi connectivity index (χ4n) is 1.89. The van der Waals surface area contributed by atoms with Gasteiger partial charge >= 0.3 is 5.97 Å². The second kappa shape index (κ2) is 6.70. The molecular weight excluding hydrogens is 408 g/mol. The number of ether oxygens (including phenoxy) is 1. The maximum Gasteiger partial charge on any atom is 0.339 e. The molecule has 0 N–H and O–H groups in total. The van der Waals surface area contributed by atoms with Gasteiger partial charge < -0.3 is 4.74 Å². The molecule has 0 aliphatic rings. The van der Waals surface area contributed by atoms with Crippen molar-refractivity contribution in [1.29, 1.82) is 0 Å². The smallest absolute Gasteiger partial charge is 0.339 e. The van der Waals surface area contributed by atoms with E-state index in [1.54, 1.807) is 25.1 Å². The Hall–Kier alpha value is -1.21. The zero-order valence-electron chi connectivity index (χ0n) is 11.4. The average Bonchev–Trinajstić information content (AvgIpc) is 2.44. The van der Waals surface area contributed by atoms with Gasteiger partial charge in [0.2, 0.25) is 0 Å². The van der Waals surface area contributed by atoms with Crippen LogP contribution in [0.1, 0.15) is 27.2 Å². The van der Waals surface area contributed by atoms with Crippen molar-refractivity contribution in [3.63, 3.8) is 0 Å². The SMILES string of the molecule is COC(=O)c1cc(C)c(Cl)nc1Cc1ccc(I)cc1F. The minimum Gasteiger partial charge on any atom is -0.465 e. The first kappa shape index (κ1) is 16.2. The van der Waals surface area contributed by atoms with Gasteiger partial charge in [-0.3, -0.25) is 0 Å². The Morgan fingerprint density at radius 3 is 2.76 bits per heavy atom. The Kier molecular flexibility index (Phi) is 5.16. The Morgan fingerprint density at radius 1 is 1.43 bits per heavy atom. The summed E-state index contributed by atoms with van der Waals surface area (Å²) in [5, 5.41) is 0.295. The summed E-state index contributed by atoms with van der Waals surface area (Å²) in [6.45, 7) is 1.75. The minimum absolute atomic E-state index is 0.174. The number of carbonyl (C=O) groups excluding carboxylic acids is 1. The number of methoxy groups -OCH3 is 1. The van der Waals surface area contributed by atoms with Crippen LogP contribution >= 0.6 is 34.2 Å². The van der Waals surface area contributed by atoms with Gasteiger partial charge in [0.1, 0.15) is 11.0 Å². The number of aromatic nitrogens is 1. The molecule has 6 heteroatoms. The van der Waals surface area contributed by atoms with Crippen molar-refractivity contribution in [3.05, 3.63) is 61.2 Å². The molecule has 0 atom stereocenters. The Labute approximate surface area is 140 Å². The van der Waals surface area contributed by atoms with Gasteiger partial charge in [-0.1, -0.05) is 17.7 Å². The lowest BCUT2D eigenvalue weighted by atomic mass is 10.0. The molecule has 0 amide bonds. The van der Waals surface area contributed by atoms with E-state index in [0.717, 1.165) is 3.57 Å². The third kappa shape index (κ3) is 3.71. The maximum absolute atomic E-state index is 13.9. The lowest BCUT2D eigenvalue weighted by Crippen LogP contribution is -2.10. The highest BCUT2D eigenvalue weighted by Crippen LogP contribution is 2.22. The summed E-state index contributed by atoms with van der Waals surface area (Å²) < 4.78 is 19.5. The van der Waals surface area contributed by atoms with E-state index < -0.39 is 5.97 Å². The zero-order chi connectivity index (χ0) is 15.6. The molecular formula is C15H12ClFINO2. The standard InChI is InChI=1S/C15H12ClFINO2/c1-8-5-11(15(20)21-2)13(19-14(8)16)6-9-3-4-10(18)7-12(9)17/h3-5,7H,6H2,1-2H3. The Bertz CT molecular complexity index is 706. The number of rotatable bonds is 3. The third-order valence-electron chi connectivity index (χ3n) is 3.01. The summed E-state index contributed by atoms with van der Waals surface area (Å²) in [6.07, 6.45) is 0.174. The predicted molar refractivity (Wildman–Crippen MR) is 87.2 cm³/mol. The summed E-state index contributed by atoms with van der Waals surface area (Å²) in [6, 6.07) is 6.52. The number of carbonyl (C=O) groups is 1. The van der Waals surface area contributed by atoms with E-state index in [0.29, 0.717) is 27.5 Å². The molecule has 0 aliphatic heterocycles. The van der Waals surface area contributed by atoms with Gasteiger partial charge in [-0.25, -0.2) is 14.2 Å². The van der Waals surface area contributed by atoms with Crippen LogP contribution in [0.4, 0.5) is 4.39 Å². The molecule has 1 heterocycles. The number of pyridine rings is 1. The van der Waals surface area contributed by atoms with Crippen molar-refractivity contribution in [2.45, 2.75) is 13.3 Å². The molecule has 0 aliphatic carbocycles. The molecule has 21 heavy (non-hydrogen) atoms. The molecule has 0 spiro atoms. The van der Waals surface area contributed by atoms with E-state index in [-0.39, 0.29) is 12.2 Å². The van der Waals surface area contributed by atoms with Crippen molar-refractivity contribution in [1.82, 2.24) is 4.98 Å². The molecule has 1 aromatic carbocycles. The maximum atomic E-state index is 13.9. The quantitative estimate of drug-likeness (QED) is 0.426. The molecule has 0 radical (unpaired) electrons. The number of nitrogens with zero attached hydrogens (tertiary/aromatic N) is 1. The van der Waals surface area contributed by atoms with Gasteiger partial charge in [-0.05, 0) is 58.8 Å². The van der Waals surface area contributed by atoms with Crippen LogP contribution in [0.2, 0.25) is 5.15 Å². The number of hydrogen-bond acceptors (Lipinski definition) is 3. The molecule has 110 valence electrons. The van der Waals surface area contributed by atoms with Crippen molar-refractivity contribution < 1.29 is 13.9 Å². The van der Waals surface area contributed by atoms with Gasteiger partial charge in [0.05, 0.1) is 18.4 Å². The summed E-state index contributed by atoms with van der Waals surface area (Å²) >= 11 is 8.04. The van der Waals surface area contributed by atoms with Crippen molar-refractivity contribution in [3.8, 4) is 0 Å². The largest absolute Gasteiger partial charge is 0.465 e. The van der Waals surface area contributed by atoms with E-state index >= 15 is 0 Å². The lowest BCUT2D eigenvalue weighted by Gasteiger charge is -2.10. The third-order valence-corrected chi connectivity index (χ3v) is 4.06. The normalized spacial score (nSPS) is 10.5. The van der Waals surface area contributed by atoms with Crippen LogP contribution in [-0.4, -0.2) is 18.1 Å². The van der Waals surface area contributed by atoms with Crippen LogP contribution in [0.25, 0.3) is 0 Å². The Morgan fingerprint density at radius 2 is 2.14 bits per heavy atom. The van der Waals surface area contributed by atoms with Crippen LogP contribution in [0.5, 0.6) is 0 Å². The van der Waals surface area contributed by atoms with Gasteiger partial charge in [-0.2, -0.15) is 0 Å². The lowest BCUT2D eigenvalue weighted by molar-refractivity contribution is 0.0599. The van der Waals surface area contributed by atoms with Gasteiger partial charge in [0.15, 0.2) is 0 Å². The summed E-state index contributed by atoms with van der Waals surface area (Å²) in [4.78, 5) is 16.0. The predicted octanol–water partition coefficient (Wildman–Crippen LogP) is 4.16. The van der Waals surface area contributed by atoms with Crippen LogP contribution in [-0.2, 0) is 11.2 Å². The second-order valence-corrected chi connectivity index (χ2v) is 6.10. The molecule has 0 unspecified atom stereocenters. The van der Waals surface area contributed by atoms with Gasteiger partial charge in [-0.15, -0.1) is 0 Å². The Balaban J connectivity index is 2.47. The number of halogens is 3. The van der Waals surface area contributed by atoms with Gasteiger partial charge in [0, 0.05) is 9.99 Å². The highest BCUT2D eigenvalue weighted by atomic mass is 127. The van der Waals surface area contributed by atoms with Crippen LogP contribution in [0.15, 0.2) is 24.3 Å². The van der Waals surface area contributed by atoms with Crippen LogP contribution in [0, 0.1) is 16.3 Å². The second-order valence-electron chi connectivity index (χ2n) is 4.49. The van der Waals surface area contributed by atoms with Crippen molar-refractivity contribution >= 4 is 40.2 Å². The highest BCUT2D eigenvalue weighted by molar-refractivity contribution is 14.1. The molecule has 2 rings (SSSR count). The summed E-state index contributed by atoms with van der Waals surface area (Å²) in [5.74, 6) is -0.848. The van der Waals surface area contributed by atoms with E-state index in [1.165, 1.54) is 13.2 Å². The first-order valence-corrected chi connectivity index (χ1v) is 7.56. The molecule has 0 saturated heterocycles. The molecule has 0 bridgehead atoms. The molecule has 0 fully saturated rings. The zero-order valence-corrected chi connectivity index (χ0v) is 14.3. The van der Waals surface area contributed by atoms with Crippen LogP contribution in [0.3, 0.4) is 0 Å². The summed E-state index contributed by atoms with van der Waals surface area (Å²) in [5.41, 5.74) is 1.83. The number of benzene rings is 1. The number of aryl methyl sites for hydroxylation is 1. The monoisotopic (exact) mass is 419 g/mol. The fraction of sp³-hybridized carbons (Fsp3) is 0.200. The van der Waals surface area contributed by atoms with E-state index in [2.05, 4.69) is 4.98 Å². The van der Waals surface area contributed by atoms with E-state index in [9.17, 15) is 9.18 Å². The first-order valence-electron chi connectivity index (χ1n) is 6.10. The number of hydrogen-bond donors (Lipinski definition) is 0. The molecule has 2 aromatic rings. The fourth-order valence-corrected chi connectivity index (χ4v) is 2.50. The number of esters is 1. The summed E-state index contributed by atoms with van der Waals surface area (Å²) in [7, 11) is 1.29. The van der Waals surface area contributed by atoms with E-state index in [1.807, 2.05) is 22.6 Å². The molecule has 1 aromatic heterocycles. The van der Waals surface area contributed by atoms with Crippen LogP contribution < -0.4 is 0 Å². The first-order chi connectivity index (χ1) is 9.92. The average molecular weight is 420 g/mol. The van der Waals surface area contributed by atoms with Gasteiger partial charge in [0.25, 0.3) is 0 Å². The van der Waals surface area contributed by atoms with E-state index in [4.69, 9.17) is 16.3 Å². The highest BCUT2D eigenvalue weighted by Gasteiger charge is 2.17. The molecule has 0 saturated carbocycles. The minimum atomic E-state index is -0.511. The topological polar surface area (TPSA) is 39.2 Å². The van der Waals surface area contributed by atoms with Crippen molar-refractivity contribution in [2.75, 3.05) is 7.11 Å².